The third kappa shape index (κ3) is 16.2. The second kappa shape index (κ2) is 28.1. The molecular weight excluding hydrogens is 939 g/mol. The molecule has 2 aliphatic rings. The number of unbranched alkanes of at least 4 members (excludes halogenated alkanes) is 2. The maximum atomic E-state index is 14.1. The van der Waals surface area contributed by atoms with Crippen LogP contribution < -0.4 is 40.8 Å². The number of carbonyl (C=O) groups is 7. The molecule has 73 heavy (non-hydrogen) atoms. The average molecular weight is 1000 g/mol. The van der Waals surface area contributed by atoms with Crippen molar-refractivity contribution in [1.29, 1.82) is 0 Å². The van der Waals surface area contributed by atoms with E-state index in [1.807, 2.05) is 30.3 Å². The summed E-state index contributed by atoms with van der Waals surface area (Å²) in [6.07, 6.45) is 4.65. The van der Waals surface area contributed by atoms with Crippen molar-refractivity contribution in [2.75, 3.05) is 51.2 Å². The topological polar surface area (TPSA) is 248 Å². The highest BCUT2D eigenvalue weighted by Gasteiger charge is 2.39. The Balaban J connectivity index is 0.00000130. The molecule has 3 atom stereocenters. The van der Waals surface area contributed by atoms with Gasteiger partial charge < -0.3 is 50.6 Å². The van der Waals surface area contributed by atoms with E-state index in [4.69, 9.17) is 24.7 Å². The van der Waals surface area contributed by atoms with Crippen LogP contribution in [0.2, 0.25) is 0 Å². The summed E-state index contributed by atoms with van der Waals surface area (Å²) >= 11 is 0. The van der Waals surface area contributed by atoms with Crippen molar-refractivity contribution in [2.24, 2.45) is 5.73 Å². The highest BCUT2D eigenvalue weighted by atomic mass is 16.6. The molecule has 0 saturated carbocycles. The highest BCUT2D eigenvalue weighted by Crippen LogP contribution is 2.39. The number of hydrogen-bond acceptors (Lipinski definition) is 13. The van der Waals surface area contributed by atoms with E-state index in [2.05, 4.69) is 35.0 Å². The first-order valence-corrected chi connectivity index (χ1v) is 23.9. The van der Waals surface area contributed by atoms with Gasteiger partial charge in [-0.1, -0.05) is 60.2 Å². The van der Waals surface area contributed by atoms with Gasteiger partial charge in [0.05, 0.1) is 39.6 Å². The summed E-state index contributed by atoms with van der Waals surface area (Å²) < 4.78 is 22.0. The largest absolute Gasteiger partial charge is 0.497 e. The summed E-state index contributed by atoms with van der Waals surface area (Å²) in [6.45, 7) is 3.80. The van der Waals surface area contributed by atoms with Gasteiger partial charge in [0, 0.05) is 43.1 Å². The van der Waals surface area contributed by atoms with Gasteiger partial charge in [-0.25, -0.2) is 9.69 Å². The molecule has 7 amide bonds. The second-order valence-corrected chi connectivity index (χ2v) is 17.2. The Hall–Kier alpha value is -8.03. The molecule has 6 N–H and O–H groups in total. The molecule has 2 aliphatic heterocycles. The van der Waals surface area contributed by atoms with E-state index in [9.17, 15) is 38.7 Å². The molecular formula is C54H65N7O12. The number of anilines is 2. The van der Waals surface area contributed by atoms with Crippen LogP contribution in [-0.2, 0) is 40.1 Å². The van der Waals surface area contributed by atoms with Gasteiger partial charge in [0.25, 0.3) is 11.8 Å². The third-order valence-corrected chi connectivity index (χ3v) is 12.0. The minimum Gasteiger partial charge on any atom is -0.497 e. The average Bonchev–Trinajstić information content (AvgIpc) is 3.98. The fourth-order valence-corrected chi connectivity index (χ4v) is 7.92. The third-order valence-electron chi connectivity index (χ3n) is 12.0. The van der Waals surface area contributed by atoms with Gasteiger partial charge in [-0.3, -0.25) is 33.7 Å². The van der Waals surface area contributed by atoms with Crippen molar-refractivity contribution in [3.8, 4) is 17.2 Å². The maximum absolute atomic E-state index is 14.1. The zero-order chi connectivity index (χ0) is 52.9. The van der Waals surface area contributed by atoms with Crippen LogP contribution in [0.25, 0.3) is 5.57 Å². The predicted octanol–water partition coefficient (Wildman–Crippen LogP) is 5.51. The van der Waals surface area contributed by atoms with Gasteiger partial charge in [0.1, 0.15) is 18.4 Å². The van der Waals surface area contributed by atoms with E-state index in [0.29, 0.717) is 72.7 Å². The quantitative estimate of drug-likeness (QED) is 0.0252. The Morgan fingerprint density at radius 1 is 0.836 bits per heavy atom. The molecule has 19 heteroatoms. The van der Waals surface area contributed by atoms with Gasteiger partial charge in [0.2, 0.25) is 24.1 Å². The lowest BCUT2D eigenvalue weighted by Crippen LogP contribution is -2.51. The van der Waals surface area contributed by atoms with Crippen molar-refractivity contribution in [3.05, 3.63) is 132 Å². The van der Waals surface area contributed by atoms with Crippen molar-refractivity contribution in [2.45, 2.75) is 83.7 Å². The molecule has 0 spiro atoms. The number of aliphatic hydroxyl groups excluding tert-OH is 1. The molecule has 0 aliphatic carbocycles. The van der Waals surface area contributed by atoms with Crippen molar-refractivity contribution in [1.82, 2.24) is 20.4 Å². The summed E-state index contributed by atoms with van der Waals surface area (Å²) in [4.78, 5) is 92.0. The molecule has 4 aromatic carbocycles. The normalized spacial score (nSPS) is 14.5. The first kappa shape index (κ1) is 55.9. The Kier molecular flexibility index (Phi) is 21.5. The predicted molar refractivity (Wildman–Crippen MR) is 274 cm³/mol. The van der Waals surface area contributed by atoms with Crippen molar-refractivity contribution < 1.29 is 57.6 Å². The van der Waals surface area contributed by atoms with E-state index in [0.717, 1.165) is 20.9 Å². The number of methoxy groups -OCH3 is 3. The van der Waals surface area contributed by atoms with E-state index in [1.54, 1.807) is 68.8 Å². The summed E-state index contributed by atoms with van der Waals surface area (Å²) in [6, 6.07) is 25.3. The van der Waals surface area contributed by atoms with Crippen LogP contribution in [-0.4, -0.2) is 116 Å². The Morgan fingerprint density at radius 2 is 1.51 bits per heavy atom. The zero-order valence-corrected chi connectivity index (χ0v) is 41.8. The Bertz CT molecular complexity index is 2570. The molecule has 6 rings (SSSR count). The van der Waals surface area contributed by atoms with Crippen LogP contribution in [0.15, 0.2) is 109 Å². The van der Waals surface area contributed by atoms with Crippen molar-refractivity contribution >= 4 is 59.0 Å². The molecule has 4 aromatic rings. The summed E-state index contributed by atoms with van der Waals surface area (Å²) in [5.41, 5.74) is 10.3. The molecule has 0 saturated heterocycles. The van der Waals surface area contributed by atoms with E-state index >= 15 is 0 Å². The minimum atomic E-state index is -1.59. The summed E-state index contributed by atoms with van der Waals surface area (Å²) in [7, 11) is 4.48. The number of hydrogen-bond donors (Lipinski definition) is 5. The first-order chi connectivity index (χ1) is 35.2. The van der Waals surface area contributed by atoms with Crippen LogP contribution in [0.1, 0.15) is 67.2 Å². The number of amides is 7. The van der Waals surface area contributed by atoms with Crippen LogP contribution in [0.3, 0.4) is 0 Å². The fourth-order valence-electron chi connectivity index (χ4n) is 7.92. The van der Waals surface area contributed by atoms with Crippen LogP contribution in [0.5, 0.6) is 17.2 Å². The van der Waals surface area contributed by atoms with Crippen LogP contribution in [0.4, 0.5) is 16.2 Å². The lowest BCUT2D eigenvalue weighted by atomic mass is 10.0. The highest BCUT2D eigenvalue weighted by molar-refractivity contribution is 6.12. The lowest BCUT2D eigenvalue weighted by molar-refractivity contribution is -0.137. The summed E-state index contributed by atoms with van der Waals surface area (Å²) in [5, 5.41) is 20.0. The summed E-state index contributed by atoms with van der Waals surface area (Å²) in [5.74, 6) is -0.903. The molecule has 2 heterocycles. The van der Waals surface area contributed by atoms with E-state index < -0.39 is 42.1 Å². The van der Waals surface area contributed by atoms with Crippen LogP contribution >= 0.6 is 0 Å². The van der Waals surface area contributed by atoms with Gasteiger partial charge >= 0.3 is 6.09 Å². The number of nitrogens with two attached hydrogens (primary N) is 1. The fraction of sp³-hybridized carbons (Fsp3) is 0.352. The lowest BCUT2D eigenvalue weighted by Gasteiger charge is -2.34. The molecule has 0 aromatic heterocycles. The number of carbonyl (C=O) groups excluding carboxylic acids is 7. The van der Waals surface area contributed by atoms with Crippen LogP contribution in [0, 0.1) is 13.8 Å². The second-order valence-electron chi connectivity index (χ2n) is 17.2. The SMILES string of the molecule is COc1ccc(C2=CN(C=O)C(C(O)N(C(=O)OCc3ccc(NC(=O)C(CCCCN)NC(=O)CNC(=O)CCCCN4C(=O)C=CC4=O)cc3)c3cc(OC)c(OC)cc3C)C2)cc1.Cc1ccccc1. The number of nitrogens with one attached hydrogen (secondary N) is 3. The van der Waals surface area contributed by atoms with Crippen molar-refractivity contribution in [3.63, 3.8) is 0 Å². The molecule has 0 fully saturated rings. The van der Waals surface area contributed by atoms with E-state index in [1.165, 1.54) is 36.8 Å². The minimum absolute atomic E-state index is 0.0788. The smallest absolute Gasteiger partial charge is 0.416 e. The monoisotopic (exact) mass is 1000 g/mol. The maximum Gasteiger partial charge on any atom is 0.416 e. The number of rotatable bonds is 24. The van der Waals surface area contributed by atoms with Gasteiger partial charge in [0.15, 0.2) is 17.7 Å². The number of aryl methyl sites for hydroxylation is 2. The van der Waals surface area contributed by atoms with Gasteiger partial charge in [-0.15, -0.1) is 0 Å². The zero-order valence-electron chi connectivity index (χ0n) is 41.8. The number of ether oxygens (including phenoxy) is 4. The number of imide groups is 1. The molecule has 0 radical (unpaired) electrons. The molecule has 19 nitrogen and oxygen atoms in total. The standard InChI is InChI=1S/C47H57N7O12.C7H8/c1-30-23-39(64-3)40(65-4)25-37(30)54(46(61)38-24-33(27-52(38)29-55)32-13-17-35(63-2)18-14-32)47(62)66-28-31-11-15-34(16-12-31)50-45(60)36(9-5-7-21-48)51-42(57)26-49-41(56)10-6-8-22-53-43(58)19-20-44(53)59;1-7-5-3-2-4-6-7/h11-20,23,25,27,29,36,38,46,61H,5-10,21-22,24,26,28,48H2,1-4H3,(H,49,56)(H,50,60)(H,51,57);2-6H,1H3. The number of aliphatic hydroxyl groups is 1. The van der Waals surface area contributed by atoms with Gasteiger partial charge in [-0.05, 0) is 112 Å². The van der Waals surface area contributed by atoms with E-state index in [-0.39, 0.29) is 56.5 Å². The molecule has 0 bridgehead atoms. The first-order valence-electron chi connectivity index (χ1n) is 23.9. The Labute approximate surface area is 425 Å². The Morgan fingerprint density at radius 3 is 2.11 bits per heavy atom. The molecule has 3 unspecified atom stereocenters. The number of nitrogens with zero attached hydrogens (tertiary/aromatic N) is 3. The number of benzene rings is 4. The van der Waals surface area contributed by atoms with Gasteiger partial charge in [-0.2, -0.15) is 0 Å². The molecule has 388 valence electrons.